The molecule has 98 valence electrons. The third-order valence-corrected chi connectivity index (χ3v) is 5.08. The summed E-state index contributed by atoms with van der Waals surface area (Å²) in [6.45, 7) is 0. The second-order valence-corrected chi connectivity index (χ2v) is 6.13. The van der Waals surface area contributed by atoms with Gasteiger partial charge in [0.25, 0.3) is 0 Å². The van der Waals surface area contributed by atoms with E-state index in [2.05, 4.69) is 36.6 Å². The van der Waals surface area contributed by atoms with Gasteiger partial charge in [-0.3, -0.25) is 0 Å². The number of aryl methyl sites for hydroxylation is 1. The molecule has 0 radical (unpaired) electrons. The van der Waals surface area contributed by atoms with E-state index < -0.39 is 0 Å². The Hall–Kier alpha value is -0.820. The molecule has 0 aromatic heterocycles. The number of benzene rings is 1. The number of fused-ring (bicyclic) bond motifs is 1. The highest BCUT2D eigenvalue weighted by Crippen LogP contribution is 2.39. The van der Waals surface area contributed by atoms with Gasteiger partial charge in [-0.2, -0.15) is 0 Å². The van der Waals surface area contributed by atoms with Crippen LogP contribution in [0.15, 0.2) is 24.3 Å². The van der Waals surface area contributed by atoms with Crippen LogP contribution in [0.1, 0.15) is 55.6 Å². The van der Waals surface area contributed by atoms with E-state index >= 15 is 0 Å². The van der Waals surface area contributed by atoms with E-state index in [9.17, 15) is 0 Å². The van der Waals surface area contributed by atoms with Crippen LogP contribution in [0.2, 0.25) is 0 Å². The molecule has 0 saturated heterocycles. The van der Waals surface area contributed by atoms with Crippen molar-refractivity contribution in [3.05, 3.63) is 35.4 Å². The third kappa shape index (κ3) is 2.33. The third-order valence-electron chi connectivity index (χ3n) is 5.08. The molecule has 1 aromatic carbocycles. The fraction of sp³-hybridized carbons (Fsp3) is 0.647. The van der Waals surface area contributed by atoms with E-state index in [0.29, 0.717) is 6.04 Å². The highest BCUT2D eigenvalue weighted by molar-refractivity contribution is 5.33. The number of likely N-dealkylation sites (N-methyl/N-ethyl adjacent to an activating group) is 1. The van der Waals surface area contributed by atoms with Gasteiger partial charge in [0.1, 0.15) is 0 Å². The van der Waals surface area contributed by atoms with Crippen LogP contribution < -0.4 is 5.32 Å². The van der Waals surface area contributed by atoms with E-state index in [4.69, 9.17) is 0 Å². The Morgan fingerprint density at radius 2 is 2.00 bits per heavy atom. The largest absolute Gasteiger partial charge is 0.316 e. The predicted octanol–water partition coefficient (Wildman–Crippen LogP) is 3.88. The Labute approximate surface area is 111 Å². The van der Waals surface area contributed by atoms with E-state index in [1.54, 1.807) is 11.1 Å². The molecule has 1 heteroatoms. The van der Waals surface area contributed by atoms with Crippen molar-refractivity contribution >= 4 is 0 Å². The highest BCUT2D eigenvalue weighted by Gasteiger charge is 2.30. The molecule has 0 amide bonds. The van der Waals surface area contributed by atoms with Gasteiger partial charge in [-0.05, 0) is 55.7 Å². The van der Waals surface area contributed by atoms with Gasteiger partial charge in [0.15, 0.2) is 0 Å². The van der Waals surface area contributed by atoms with E-state index in [1.165, 1.54) is 44.9 Å². The maximum Gasteiger partial charge on any atom is 0.0135 e. The van der Waals surface area contributed by atoms with Gasteiger partial charge in [-0.15, -0.1) is 0 Å². The summed E-state index contributed by atoms with van der Waals surface area (Å²) in [4.78, 5) is 0. The molecule has 0 spiro atoms. The van der Waals surface area contributed by atoms with Crippen LogP contribution in [-0.4, -0.2) is 13.1 Å². The first kappa shape index (κ1) is 12.2. The zero-order valence-corrected chi connectivity index (χ0v) is 11.5. The van der Waals surface area contributed by atoms with Crippen molar-refractivity contribution in [2.75, 3.05) is 7.05 Å². The summed E-state index contributed by atoms with van der Waals surface area (Å²) in [6, 6.07) is 9.80. The van der Waals surface area contributed by atoms with Gasteiger partial charge in [0.05, 0.1) is 0 Å². The van der Waals surface area contributed by atoms with Gasteiger partial charge in [-0.25, -0.2) is 0 Å². The second-order valence-electron chi connectivity index (χ2n) is 6.13. The zero-order chi connectivity index (χ0) is 12.4. The normalized spacial score (nSPS) is 25.3. The Morgan fingerprint density at radius 1 is 1.17 bits per heavy atom. The minimum Gasteiger partial charge on any atom is -0.316 e. The lowest BCUT2D eigenvalue weighted by Crippen LogP contribution is -2.37. The first-order valence-corrected chi connectivity index (χ1v) is 7.63. The van der Waals surface area contributed by atoms with Gasteiger partial charge >= 0.3 is 0 Å². The number of hydrogen-bond donors (Lipinski definition) is 1. The van der Waals surface area contributed by atoms with Gasteiger partial charge in [-0.1, -0.05) is 43.5 Å². The SMILES string of the molecule is CNC(CC1CCC1)C1CCCc2ccccc21. The lowest BCUT2D eigenvalue weighted by atomic mass is 9.73. The molecule has 3 rings (SSSR count). The summed E-state index contributed by atoms with van der Waals surface area (Å²) in [6.07, 6.45) is 9.79. The summed E-state index contributed by atoms with van der Waals surface area (Å²) < 4.78 is 0. The van der Waals surface area contributed by atoms with Crippen molar-refractivity contribution in [2.45, 2.75) is 56.9 Å². The Balaban J connectivity index is 1.77. The van der Waals surface area contributed by atoms with Crippen LogP contribution >= 0.6 is 0 Å². The van der Waals surface area contributed by atoms with Crippen LogP contribution in [0.4, 0.5) is 0 Å². The molecule has 1 aromatic rings. The molecular weight excluding hydrogens is 218 g/mol. The Morgan fingerprint density at radius 3 is 2.72 bits per heavy atom. The molecule has 0 bridgehead atoms. The van der Waals surface area contributed by atoms with Crippen molar-refractivity contribution in [2.24, 2.45) is 5.92 Å². The van der Waals surface area contributed by atoms with E-state index in [0.717, 1.165) is 11.8 Å². The zero-order valence-electron chi connectivity index (χ0n) is 11.5. The molecule has 1 nitrogen and oxygen atoms in total. The molecule has 2 aliphatic rings. The molecule has 0 heterocycles. The van der Waals surface area contributed by atoms with Gasteiger partial charge in [0.2, 0.25) is 0 Å². The minimum absolute atomic E-state index is 0.691. The summed E-state index contributed by atoms with van der Waals surface area (Å²) in [7, 11) is 2.15. The van der Waals surface area contributed by atoms with Crippen molar-refractivity contribution in [1.29, 1.82) is 0 Å². The molecule has 1 fully saturated rings. The molecule has 0 aliphatic heterocycles. The molecule has 1 N–H and O–H groups in total. The minimum atomic E-state index is 0.691. The van der Waals surface area contributed by atoms with Crippen LogP contribution in [0.25, 0.3) is 0 Å². The van der Waals surface area contributed by atoms with Crippen LogP contribution in [-0.2, 0) is 6.42 Å². The molecule has 2 atom stereocenters. The summed E-state index contributed by atoms with van der Waals surface area (Å²) in [5.74, 6) is 1.75. The van der Waals surface area contributed by atoms with Crippen molar-refractivity contribution < 1.29 is 0 Å². The maximum atomic E-state index is 3.61. The monoisotopic (exact) mass is 243 g/mol. The van der Waals surface area contributed by atoms with Crippen LogP contribution in [0.5, 0.6) is 0 Å². The standard InChI is InChI=1S/C17H25N/c1-18-17(12-13-6-4-7-13)16-11-5-9-14-8-2-3-10-15(14)16/h2-3,8,10,13,16-18H,4-7,9,11-12H2,1H3. The van der Waals surface area contributed by atoms with Gasteiger partial charge < -0.3 is 5.32 Å². The number of rotatable bonds is 4. The smallest absolute Gasteiger partial charge is 0.0135 e. The molecule has 2 unspecified atom stereocenters. The average molecular weight is 243 g/mol. The molecule has 18 heavy (non-hydrogen) atoms. The summed E-state index contributed by atoms with van der Waals surface area (Å²) in [5, 5.41) is 3.61. The van der Waals surface area contributed by atoms with E-state index in [1.807, 2.05) is 0 Å². The lowest BCUT2D eigenvalue weighted by molar-refractivity contribution is 0.242. The number of nitrogens with one attached hydrogen (secondary N) is 1. The lowest BCUT2D eigenvalue weighted by Gasteiger charge is -2.36. The predicted molar refractivity (Wildman–Crippen MR) is 76.9 cm³/mol. The number of hydrogen-bond acceptors (Lipinski definition) is 1. The fourth-order valence-electron chi connectivity index (χ4n) is 3.78. The van der Waals surface area contributed by atoms with E-state index in [-0.39, 0.29) is 0 Å². The topological polar surface area (TPSA) is 12.0 Å². The van der Waals surface area contributed by atoms with Crippen molar-refractivity contribution in [3.8, 4) is 0 Å². The molecule has 1 saturated carbocycles. The van der Waals surface area contributed by atoms with Crippen molar-refractivity contribution in [3.63, 3.8) is 0 Å². The van der Waals surface area contributed by atoms with Crippen LogP contribution in [0.3, 0.4) is 0 Å². The summed E-state index contributed by atoms with van der Waals surface area (Å²) in [5.41, 5.74) is 3.23. The molecule has 2 aliphatic carbocycles. The molecular formula is C17H25N. The summed E-state index contributed by atoms with van der Waals surface area (Å²) >= 11 is 0. The fourth-order valence-corrected chi connectivity index (χ4v) is 3.78. The first-order valence-electron chi connectivity index (χ1n) is 7.63. The first-order chi connectivity index (χ1) is 8.88. The van der Waals surface area contributed by atoms with Crippen LogP contribution in [0, 0.1) is 5.92 Å². The average Bonchev–Trinajstić information content (AvgIpc) is 2.38. The quantitative estimate of drug-likeness (QED) is 0.846. The highest BCUT2D eigenvalue weighted by atomic mass is 14.9. The maximum absolute atomic E-state index is 3.61. The van der Waals surface area contributed by atoms with Gasteiger partial charge in [0, 0.05) is 6.04 Å². The Bertz CT molecular complexity index is 394. The Kier molecular flexibility index (Phi) is 3.69. The van der Waals surface area contributed by atoms with Crippen molar-refractivity contribution in [1.82, 2.24) is 5.32 Å². The second kappa shape index (κ2) is 5.44.